The summed E-state index contributed by atoms with van der Waals surface area (Å²) in [6.07, 6.45) is 0. The molecule has 0 unspecified atom stereocenters. The lowest BCUT2D eigenvalue weighted by Gasteiger charge is -2.02. The van der Waals surface area contributed by atoms with E-state index in [4.69, 9.17) is 15.4 Å². The molecule has 0 aliphatic rings. The Bertz CT molecular complexity index is 708. The quantitative estimate of drug-likeness (QED) is 0.286. The van der Waals surface area contributed by atoms with Gasteiger partial charge in [-0.15, -0.1) is 0 Å². The zero-order valence-corrected chi connectivity index (χ0v) is 11.9. The number of amidine groups is 1. The molecule has 3 N–H and O–H groups in total. The summed E-state index contributed by atoms with van der Waals surface area (Å²) in [5, 5.41) is 23.1. The van der Waals surface area contributed by atoms with Gasteiger partial charge in [0.1, 0.15) is 10.8 Å². The van der Waals surface area contributed by atoms with Gasteiger partial charge in [-0.2, -0.15) is 0 Å². The zero-order chi connectivity index (χ0) is 15.6. The maximum absolute atomic E-state index is 10.9. The average Bonchev–Trinajstić information content (AvgIpc) is 2.76. The third-order valence-corrected chi connectivity index (χ3v) is 3.38. The molecule has 10 heteroatoms. The number of hydrogen-bond donors (Lipinski definition) is 2. The Morgan fingerprint density at radius 1 is 1.48 bits per heavy atom. The van der Waals surface area contributed by atoms with Crippen LogP contribution >= 0.6 is 11.8 Å². The molecule has 2 aromatic rings. The van der Waals surface area contributed by atoms with Crippen molar-refractivity contribution in [1.29, 1.82) is 0 Å². The molecule has 0 aromatic carbocycles. The van der Waals surface area contributed by atoms with Crippen LogP contribution in [-0.4, -0.2) is 25.9 Å². The lowest BCUT2D eigenvalue weighted by Crippen LogP contribution is -2.17. The van der Waals surface area contributed by atoms with E-state index in [9.17, 15) is 10.1 Å². The summed E-state index contributed by atoms with van der Waals surface area (Å²) < 4.78 is 5.39. The molecule has 0 saturated carbocycles. The summed E-state index contributed by atoms with van der Waals surface area (Å²) in [7, 11) is 0. The topological polar surface area (TPSA) is 141 Å². The fourth-order valence-corrected chi connectivity index (χ4v) is 2.25. The molecule has 0 radical (unpaired) electrons. The van der Waals surface area contributed by atoms with Gasteiger partial charge in [0, 0.05) is 6.07 Å². The third-order valence-electron chi connectivity index (χ3n) is 2.60. The normalized spacial score (nSPS) is 11.6. The number of nitrogens with zero attached hydrogens (tertiary/aromatic N) is 4. The van der Waals surface area contributed by atoms with Crippen LogP contribution in [0.1, 0.15) is 17.1 Å². The number of hydrogen-bond acceptors (Lipinski definition) is 8. The zero-order valence-electron chi connectivity index (χ0n) is 11.1. The van der Waals surface area contributed by atoms with Crippen LogP contribution in [0.15, 0.2) is 32.0 Å². The predicted molar refractivity (Wildman–Crippen MR) is 73.5 cm³/mol. The summed E-state index contributed by atoms with van der Waals surface area (Å²) in [4.78, 5) is 18.4. The van der Waals surface area contributed by atoms with Crippen LogP contribution in [0.25, 0.3) is 0 Å². The van der Waals surface area contributed by atoms with Gasteiger partial charge < -0.3 is 15.4 Å². The van der Waals surface area contributed by atoms with Gasteiger partial charge in [-0.1, -0.05) is 5.16 Å². The minimum Gasteiger partial charge on any atom is -0.436 e. The van der Waals surface area contributed by atoms with Gasteiger partial charge in [0.2, 0.25) is 0 Å². The second kappa shape index (κ2) is 5.79. The maximum Gasteiger partial charge on any atom is 0.298 e. The van der Waals surface area contributed by atoms with E-state index in [0.29, 0.717) is 16.0 Å². The molecule has 0 aliphatic carbocycles. The van der Waals surface area contributed by atoms with E-state index in [1.165, 1.54) is 12.1 Å². The van der Waals surface area contributed by atoms with Gasteiger partial charge >= 0.3 is 0 Å². The number of oxazole rings is 1. The molecule has 0 spiro atoms. The summed E-state index contributed by atoms with van der Waals surface area (Å²) in [6.45, 7) is 3.57. The number of aromatic nitrogens is 2. The highest BCUT2D eigenvalue weighted by molar-refractivity contribution is 7.99. The highest BCUT2D eigenvalue weighted by atomic mass is 32.2. The summed E-state index contributed by atoms with van der Waals surface area (Å²) in [5.41, 5.74) is 5.59. The smallest absolute Gasteiger partial charge is 0.298 e. The fraction of sp³-hybridized carbons (Fsp3) is 0.182. The Morgan fingerprint density at radius 2 is 2.19 bits per heavy atom. The van der Waals surface area contributed by atoms with Crippen molar-refractivity contribution in [1.82, 2.24) is 9.97 Å². The van der Waals surface area contributed by atoms with Gasteiger partial charge in [-0.3, -0.25) is 10.1 Å². The van der Waals surface area contributed by atoms with Crippen LogP contribution in [0.3, 0.4) is 0 Å². The number of rotatable bonds is 4. The highest BCUT2D eigenvalue weighted by Gasteiger charge is 2.20. The Labute approximate surface area is 123 Å². The molecular weight excluding hydrogens is 298 g/mol. The van der Waals surface area contributed by atoms with Crippen molar-refractivity contribution in [3.05, 3.63) is 39.4 Å². The van der Waals surface area contributed by atoms with Crippen LogP contribution < -0.4 is 5.73 Å². The first-order valence-electron chi connectivity index (χ1n) is 5.67. The van der Waals surface area contributed by atoms with E-state index < -0.39 is 10.8 Å². The average molecular weight is 309 g/mol. The molecule has 21 heavy (non-hydrogen) atoms. The van der Waals surface area contributed by atoms with Crippen molar-refractivity contribution >= 4 is 23.3 Å². The molecule has 110 valence electrons. The summed E-state index contributed by atoms with van der Waals surface area (Å²) in [5.74, 6) is 0.236. The first-order valence-corrected chi connectivity index (χ1v) is 6.49. The van der Waals surface area contributed by atoms with E-state index in [0.717, 1.165) is 17.5 Å². The van der Waals surface area contributed by atoms with E-state index in [-0.39, 0.29) is 11.4 Å². The minimum absolute atomic E-state index is 0.215. The van der Waals surface area contributed by atoms with E-state index in [2.05, 4.69) is 15.1 Å². The SMILES string of the molecule is Cc1nc(Sc2ccc([N+](=O)[O-])c(/C(N)=N/O)n2)oc1C. The van der Waals surface area contributed by atoms with Crippen LogP contribution in [0, 0.1) is 24.0 Å². The first-order chi connectivity index (χ1) is 9.92. The number of aryl methyl sites for hydroxylation is 2. The lowest BCUT2D eigenvalue weighted by molar-refractivity contribution is -0.385. The van der Waals surface area contributed by atoms with Crippen molar-refractivity contribution in [2.45, 2.75) is 24.1 Å². The maximum atomic E-state index is 10.9. The highest BCUT2D eigenvalue weighted by Crippen LogP contribution is 2.29. The van der Waals surface area contributed by atoms with Crippen molar-refractivity contribution in [2.75, 3.05) is 0 Å². The second-order valence-electron chi connectivity index (χ2n) is 3.98. The monoisotopic (exact) mass is 309 g/mol. The molecule has 0 bridgehead atoms. The summed E-state index contributed by atoms with van der Waals surface area (Å²) in [6, 6.07) is 2.66. The van der Waals surface area contributed by atoms with Crippen LogP contribution in [0.2, 0.25) is 0 Å². The molecule has 0 saturated heterocycles. The third kappa shape index (κ3) is 3.11. The van der Waals surface area contributed by atoms with E-state index >= 15 is 0 Å². The van der Waals surface area contributed by atoms with Crippen LogP contribution in [0.5, 0.6) is 0 Å². The van der Waals surface area contributed by atoms with Crippen molar-refractivity contribution in [3.63, 3.8) is 0 Å². The molecule has 2 aromatic heterocycles. The molecule has 2 heterocycles. The van der Waals surface area contributed by atoms with Gasteiger partial charge in [0.05, 0.1) is 10.6 Å². The fourth-order valence-electron chi connectivity index (χ4n) is 1.45. The molecule has 0 fully saturated rings. The standard InChI is InChI=1S/C11H11N5O4S/c1-5-6(2)20-11(13-5)21-8-4-3-7(16(18)19)9(14-8)10(12)15-17/h3-4,17H,1-2H3,(H2,12,15). The van der Waals surface area contributed by atoms with Crippen molar-refractivity contribution < 1.29 is 14.5 Å². The largest absolute Gasteiger partial charge is 0.436 e. The number of nitrogens with two attached hydrogens (primary N) is 1. The second-order valence-corrected chi connectivity index (χ2v) is 4.95. The van der Waals surface area contributed by atoms with Gasteiger partial charge in [0.25, 0.3) is 10.9 Å². The molecule has 2 rings (SSSR count). The Hall–Kier alpha value is -2.62. The molecule has 9 nitrogen and oxygen atoms in total. The summed E-state index contributed by atoms with van der Waals surface area (Å²) >= 11 is 1.08. The molecule has 0 atom stereocenters. The first kappa shape index (κ1) is 14.8. The predicted octanol–water partition coefficient (Wildman–Crippen LogP) is 1.84. The molecule has 0 amide bonds. The minimum atomic E-state index is -0.658. The molecular formula is C11H11N5O4S. The van der Waals surface area contributed by atoms with Crippen LogP contribution in [0.4, 0.5) is 5.69 Å². The Morgan fingerprint density at radius 3 is 2.71 bits per heavy atom. The Balaban J connectivity index is 2.39. The molecule has 0 aliphatic heterocycles. The Kier molecular flexibility index (Phi) is 4.08. The van der Waals surface area contributed by atoms with Gasteiger partial charge in [0.15, 0.2) is 11.5 Å². The van der Waals surface area contributed by atoms with Crippen molar-refractivity contribution in [3.8, 4) is 0 Å². The number of oxime groups is 1. The number of nitro groups is 1. The van der Waals surface area contributed by atoms with Crippen LogP contribution in [-0.2, 0) is 0 Å². The lowest BCUT2D eigenvalue weighted by atomic mass is 10.3. The number of pyridine rings is 1. The van der Waals surface area contributed by atoms with E-state index in [1.54, 1.807) is 13.8 Å². The van der Waals surface area contributed by atoms with Gasteiger partial charge in [-0.05, 0) is 31.7 Å². The van der Waals surface area contributed by atoms with Gasteiger partial charge in [-0.25, -0.2) is 9.97 Å². The van der Waals surface area contributed by atoms with Crippen molar-refractivity contribution in [2.24, 2.45) is 10.9 Å². The van der Waals surface area contributed by atoms with E-state index in [1.807, 2.05) is 0 Å².